The zero-order valence-corrected chi connectivity index (χ0v) is 12.1. The Hall–Kier alpha value is -2.08. The molecule has 3 N–H and O–H groups in total. The number of amidine groups is 1. The lowest BCUT2D eigenvalue weighted by Crippen LogP contribution is -2.22. The maximum Gasteiger partial charge on any atom is 0.146 e. The van der Waals surface area contributed by atoms with E-state index in [-0.39, 0.29) is 11.9 Å². The van der Waals surface area contributed by atoms with Crippen LogP contribution in [0.1, 0.15) is 25.6 Å². The van der Waals surface area contributed by atoms with E-state index in [1.807, 2.05) is 24.3 Å². The van der Waals surface area contributed by atoms with Crippen molar-refractivity contribution in [2.45, 2.75) is 44.9 Å². The fraction of sp³-hybridized carbons (Fsp3) is 0.467. The minimum Gasteiger partial charge on any atom is -0.409 e. The van der Waals surface area contributed by atoms with Crippen molar-refractivity contribution in [2.75, 3.05) is 0 Å². The van der Waals surface area contributed by atoms with Crippen molar-refractivity contribution >= 4 is 16.9 Å². The van der Waals surface area contributed by atoms with E-state index in [0.29, 0.717) is 12.5 Å². The largest absolute Gasteiger partial charge is 0.409 e. The Kier molecular flexibility index (Phi) is 3.79. The van der Waals surface area contributed by atoms with Crippen LogP contribution < -0.4 is 5.73 Å². The van der Waals surface area contributed by atoms with Gasteiger partial charge in [0.25, 0.3) is 0 Å². The van der Waals surface area contributed by atoms with Gasteiger partial charge in [-0.3, -0.25) is 0 Å². The summed E-state index contributed by atoms with van der Waals surface area (Å²) in [5.41, 5.74) is 7.62. The normalized spacial score (nSPS) is 23.0. The quantitative estimate of drug-likeness (QED) is 0.389. The molecule has 0 aliphatic carbocycles. The third kappa shape index (κ3) is 2.85. The fourth-order valence-corrected chi connectivity index (χ4v) is 2.88. The molecule has 2 aromatic rings. The summed E-state index contributed by atoms with van der Waals surface area (Å²) in [5.74, 6) is 0.960. The highest BCUT2D eigenvalue weighted by atomic mass is 16.5. The topological polar surface area (TPSA) is 85.7 Å². The Labute approximate surface area is 123 Å². The third-order valence-electron chi connectivity index (χ3n) is 3.91. The van der Waals surface area contributed by atoms with Crippen LogP contribution in [0, 0.1) is 0 Å². The molecule has 0 bridgehead atoms. The molecule has 0 radical (unpaired) electrons. The summed E-state index contributed by atoms with van der Waals surface area (Å²) in [6.07, 6.45) is 2.98. The summed E-state index contributed by atoms with van der Waals surface area (Å²) < 4.78 is 8.03. The van der Waals surface area contributed by atoms with Crippen molar-refractivity contribution in [2.24, 2.45) is 10.9 Å². The number of imidazole rings is 1. The van der Waals surface area contributed by atoms with Gasteiger partial charge in [-0.05, 0) is 31.9 Å². The van der Waals surface area contributed by atoms with Crippen LogP contribution in [0.5, 0.6) is 0 Å². The first kappa shape index (κ1) is 13.9. The number of benzene rings is 1. The van der Waals surface area contributed by atoms with Gasteiger partial charge in [-0.15, -0.1) is 0 Å². The standard InChI is InChI=1S/C15H20N4O2/c1-10-6-7-11(21-10)9-19-13-5-3-2-4-12(13)17-15(19)8-14(16)18-20/h2-5,10-11,20H,6-9H2,1H3,(H2,16,18). The van der Waals surface area contributed by atoms with E-state index in [2.05, 4.69) is 21.6 Å². The van der Waals surface area contributed by atoms with Crippen molar-refractivity contribution in [1.82, 2.24) is 9.55 Å². The van der Waals surface area contributed by atoms with Gasteiger partial charge in [0.05, 0.1) is 36.2 Å². The van der Waals surface area contributed by atoms with Crippen molar-refractivity contribution < 1.29 is 9.94 Å². The molecule has 3 rings (SSSR count). The van der Waals surface area contributed by atoms with Gasteiger partial charge in [0.1, 0.15) is 11.7 Å². The fourth-order valence-electron chi connectivity index (χ4n) is 2.88. The predicted octanol–water partition coefficient (Wildman–Crippen LogP) is 1.89. The number of nitrogens with zero attached hydrogens (tertiary/aromatic N) is 3. The Balaban J connectivity index is 1.95. The van der Waals surface area contributed by atoms with Crippen LogP contribution in [0.15, 0.2) is 29.4 Å². The highest BCUT2D eigenvalue weighted by Crippen LogP contribution is 2.24. The molecule has 1 fully saturated rings. The van der Waals surface area contributed by atoms with Gasteiger partial charge in [0, 0.05) is 0 Å². The van der Waals surface area contributed by atoms with Crippen molar-refractivity contribution in [3.05, 3.63) is 30.1 Å². The van der Waals surface area contributed by atoms with Gasteiger partial charge in [-0.1, -0.05) is 17.3 Å². The van der Waals surface area contributed by atoms with Gasteiger partial charge in [0.2, 0.25) is 0 Å². The summed E-state index contributed by atoms with van der Waals surface area (Å²) in [6, 6.07) is 7.96. The summed E-state index contributed by atoms with van der Waals surface area (Å²) in [6.45, 7) is 2.85. The molecule has 2 atom stereocenters. The molecule has 1 aliphatic heterocycles. The number of aromatic nitrogens is 2. The molecule has 0 spiro atoms. The predicted molar refractivity (Wildman–Crippen MR) is 80.4 cm³/mol. The molecule has 2 unspecified atom stereocenters. The van der Waals surface area contributed by atoms with Crippen molar-refractivity contribution in [3.63, 3.8) is 0 Å². The van der Waals surface area contributed by atoms with Crippen LogP contribution in [0.4, 0.5) is 0 Å². The first-order valence-corrected chi connectivity index (χ1v) is 7.23. The number of hydrogen-bond donors (Lipinski definition) is 2. The molecule has 6 nitrogen and oxygen atoms in total. The van der Waals surface area contributed by atoms with Crippen LogP contribution in [0.2, 0.25) is 0 Å². The summed E-state index contributed by atoms with van der Waals surface area (Å²) in [5, 5.41) is 11.8. The highest BCUT2D eigenvalue weighted by Gasteiger charge is 2.24. The number of nitrogens with two attached hydrogens (primary N) is 1. The van der Waals surface area contributed by atoms with Crippen LogP contribution in [0.3, 0.4) is 0 Å². The van der Waals surface area contributed by atoms with E-state index in [1.54, 1.807) is 0 Å². The lowest BCUT2D eigenvalue weighted by atomic mass is 10.2. The second kappa shape index (κ2) is 5.73. The molecule has 1 aromatic carbocycles. The van der Waals surface area contributed by atoms with E-state index < -0.39 is 0 Å². The van der Waals surface area contributed by atoms with Gasteiger partial charge in [-0.2, -0.15) is 0 Å². The molecule has 21 heavy (non-hydrogen) atoms. The molecule has 2 heterocycles. The number of hydrogen-bond acceptors (Lipinski definition) is 4. The van der Waals surface area contributed by atoms with E-state index in [0.717, 1.165) is 36.2 Å². The number of fused-ring (bicyclic) bond motifs is 1. The molecule has 0 amide bonds. The lowest BCUT2D eigenvalue weighted by molar-refractivity contribution is 0.0460. The molecule has 1 aliphatic rings. The number of rotatable bonds is 4. The third-order valence-corrected chi connectivity index (χ3v) is 3.91. The molecule has 112 valence electrons. The minimum atomic E-state index is 0.160. The summed E-state index contributed by atoms with van der Waals surface area (Å²) in [4.78, 5) is 4.60. The van der Waals surface area contributed by atoms with E-state index in [1.165, 1.54) is 0 Å². The summed E-state index contributed by atoms with van der Waals surface area (Å²) in [7, 11) is 0. The van der Waals surface area contributed by atoms with Gasteiger partial charge < -0.3 is 20.2 Å². The molecule has 6 heteroatoms. The molecule has 1 aromatic heterocycles. The zero-order chi connectivity index (χ0) is 14.8. The van der Waals surface area contributed by atoms with E-state index in [4.69, 9.17) is 15.7 Å². The van der Waals surface area contributed by atoms with Gasteiger partial charge >= 0.3 is 0 Å². The van der Waals surface area contributed by atoms with Crippen LogP contribution in [0.25, 0.3) is 11.0 Å². The molecule has 1 saturated heterocycles. The summed E-state index contributed by atoms with van der Waals surface area (Å²) >= 11 is 0. The molecule has 0 saturated carbocycles. The van der Waals surface area contributed by atoms with E-state index >= 15 is 0 Å². The second-order valence-corrected chi connectivity index (χ2v) is 5.54. The zero-order valence-electron chi connectivity index (χ0n) is 12.1. The van der Waals surface area contributed by atoms with E-state index in [9.17, 15) is 0 Å². The number of para-hydroxylation sites is 2. The number of ether oxygens (including phenoxy) is 1. The van der Waals surface area contributed by atoms with Crippen LogP contribution in [-0.4, -0.2) is 32.8 Å². The first-order chi connectivity index (χ1) is 10.2. The Morgan fingerprint density at radius 2 is 2.29 bits per heavy atom. The van der Waals surface area contributed by atoms with Gasteiger partial charge in [-0.25, -0.2) is 4.98 Å². The Morgan fingerprint density at radius 1 is 1.48 bits per heavy atom. The van der Waals surface area contributed by atoms with Crippen LogP contribution >= 0.6 is 0 Å². The van der Waals surface area contributed by atoms with Crippen molar-refractivity contribution in [1.29, 1.82) is 0 Å². The maximum atomic E-state index is 8.78. The average molecular weight is 288 g/mol. The smallest absolute Gasteiger partial charge is 0.146 e. The minimum absolute atomic E-state index is 0.160. The SMILES string of the molecule is CC1CCC(Cn2c(C/C(N)=N/O)nc3ccccc32)O1. The lowest BCUT2D eigenvalue weighted by Gasteiger charge is -2.15. The average Bonchev–Trinajstić information content (AvgIpc) is 3.04. The molecular weight excluding hydrogens is 268 g/mol. The molecular formula is C15H20N4O2. The van der Waals surface area contributed by atoms with Crippen LogP contribution in [-0.2, 0) is 17.7 Å². The Bertz CT molecular complexity index is 665. The number of oxime groups is 1. The van der Waals surface area contributed by atoms with Crippen molar-refractivity contribution in [3.8, 4) is 0 Å². The highest BCUT2D eigenvalue weighted by molar-refractivity contribution is 5.83. The second-order valence-electron chi connectivity index (χ2n) is 5.54. The van der Waals surface area contributed by atoms with Gasteiger partial charge in [0.15, 0.2) is 0 Å². The maximum absolute atomic E-state index is 8.78. The first-order valence-electron chi connectivity index (χ1n) is 7.23. The Morgan fingerprint density at radius 3 is 3.00 bits per heavy atom. The monoisotopic (exact) mass is 288 g/mol.